The van der Waals surface area contributed by atoms with Crippen LogP contribution in [-0.2, 0) is 20.9 Å². The molecule has 3 rings (SSSR count). The zero-order chi connectivity index (χ0) is 24.1. The Labute approximate surface area is 198 Å². The summed E-state index contributed by atoms with van der Waals surface area (Å²) in [5.74, 6) is -0.960. The van der Waals surface area contributed by atoms with Crippen LogP contribution in [0.25, 0.3) is 0 Å². The molecule has 2 aromatic carbocycles. The van der Waals surface area contributed by atoms with Gasteiger partial charge in [0.05, 0.1) is 23.0 Å². The Balaban J connectivity index is 2.03. The van der Waals surface area contributed by atoms with Gasteiger partial charge in [-0.25, -0.2) is 4.79 Å². The zero-order valence-electron chi connectivity index (χ0n) is 17.8. The van der Waals surface area contributed by atoms with E-state index in [-0.39, 0.29) is 41.7 Å². The van der Waals surface area contributed by atoms with Crippen LogP contribution in [0.15, 0.2) is 69.7 Å². The lowest BCUT2D eigenvalue weighted by Gasteiger charge is -2.28. The van der Waals surface area contributed by atoms with E-state index in [2.05, 4.69) is 15.9 Å². The Morgan fingerprint density at radius 2 is 2.00 bits per heavy atom. The molecule has 0 spiro atoms. The second kappa shape index (κ2) is 10.2. The summed E-state index contributed by atoms with van der Waals surface area (Å²) >= 11 is 3.43. The van der Waals surface area contributed by atoms with Crippen molar-refractivity contribution in [2.45, 2.75) is 26.4 Å². The first-order chi connectivity index (χ1) is 15.8. The van der Waals surface area contributed by atoms with E-state index in [1.54, 1.807) is 44.2 Å². The number of nitrogens with two attached hydrogens (primary N) is 1. The highest BCUT2D eigenvalue weighted by Gasteiger charge is 2.38. The molecule has 1 heterocycles. The maximum atomic E-state index is 12.8. The molecule has 2 N–H and O–H groups in total. The molecule has 0 bridgehead atoms. The highest BCUT2D eigenvalue weighted by molar-refractivity contribution is 9.10. The van der Waals surface area contributed by atoms with Crippen LogP contribution in [0.1, 0.15) is 30.9 Å². The van der Waals surface area contributed by atoms with Gasteiger partial charge in [0, 0.05) is 22.2 Å². The third-order valence-electron chi connectivity index (χ3n) is 4.93. The standard InChI is InChI=1S/C23H20BrN3O6/c1-3-31-23(28)20-13(2)33-22(26)18(11-25)21(20)17-10-15(24)6-9-19(17)32-12-14-4-7-16(8-5-14)27(29)30/h4-10,21H,3,12,26H2,1-2H3. The quantitative estimate of drug-likeness (QED) is 0.322. The maximum Gasteiger partial charge on any atom is 0.338 e. The molecule has 0 aliphatic carbocycles. The van der Waals surface area contributed by atoms with E-state index in [1.165, 1.54) is 12.1 Å². The third-order valence-corrected chi connectivity index (χ3v) is 5.42. The number of carbonyl (C=O) groups excluding carboxylic acids is 1. The number of benzene rings is 2. The second-order valence-electron chi connectivity index (χ2n) is 7.01. The number of carbonyl (C=O) groups is 1. The van der Waals surface area contributed by atoms with Gasteiger partial charge in [0.15, 0.2) is 0 Å². The van der Waals surface area contributed by atoms with Gasteiger partial charge < -0.3 is 19.9 Å². The lowest BCUT2D eigenvalue weighted by Crippen LogP contribution is -2.26. The first-order valence-corrected chi connectivity index (χ1v) is 10.7. The highest BCUT2D eigenvalue weighted by atomic mass is 79.9. The molecule has 0 amide bonds. The molecule has 2 aromatic rings. The summed E-state index contributed by atoms with van der Waals surface area (Å²) < 4.78 is 17.4. The van der Waals surface area contributed by atoms with Crippen LogP contribution in [0.3, 0.4) is 0 Å². The van der Waals surface area contributed by atoms with Crippen LogP contribution in [-0.4, -0.2) is 17.5 Å². The predicted octanol–water partition coefficient (Wildman–Crippen LogP) is 4.58. The lowest BCUT2D eigenvalue weighted by molar-refractivity contribution is -0.384. The Kier molecular flexibility index (Phi) is 7.35. The van der Waals surface area contributed by atoms with Crippen molar-refractivity contribution in [1.29, 1.82) is 5.26 Å². The smallest absolute Gasteiger partial charge is 0.338 e. The molecular weight excluding hydrogens is 494 g/mol. The fourth-order valence-corrected chi connectivity index (χ4v) is 3.80. The molecule has 1 unspecified atom stereocenters. The minimum atomic E-state index is -0.868. The number of nitrogens with zero attached hydrogens (tertiary/aromatic N) is 2. The van der Waals surface area contributed by atoms with E-state index < -0.39 is 16.8 Å². The molecule has 1 aliphatic rings. The SMILES string of the molecule is CCOC(=O)C1=C(C)OC(N)=C(C#N)C1c1cc(Br)ccc1OCc1ccc([N+](=O)[O-])cc1. The van der Waals surface area contributed by atoms with Crippen LogP contribution in [0.4, 0.5) is 5.69 Å². The van der Waals surface area contributed by atoms with Gasteiger partial charge in [-0.15, -0.1) is 0 Å². The van der Waals surface area contributed by atoms with Crippen molar-refractivity contribution in [1.82, 2.24) is 0 Å². The van der Waals surface area contributed by atoms with Gasteiger partial charge >= 0.3 is 5.97 Å². The summed E-state index contributed by atoms with van der Waals surface area (Å²) in [4.78, 5) is 23.2. The highest BCUT2D eigenvalue weighted by Crippen LogP contribution is 2.44. The molecule has 0 radical (unpaired) electrons. The number of nitro benzene ring substituents is 1. The normalized spacial score (nSPS) is 15.5. The van der Waals surface area contributed by atoms with E-state index in [0.717, 1.165) is 0 Å². The number of nitro groups is 1. The summed E-state index contributed by atoms with van der Waals surface area (Å²) in [6.07, 6.45) is 0. The number of halogens is 1. The molecule has 1 atom stereocenters. The van der Waals surface area contributed by atoms with Crippen molar-refractivity contribution in [3.8, 4) is 11.8 Å². The van der Waals surface area contributed by atoms with Gasteiger partial charge in [0.1, 0.15) is 29.8 Å². The molecule has 170 valence electrons. The molecule has 1 aliphatic heterocycles. The number of nitriles is 1. The molecular formula is C23H20BrN3O6. The average molecular weight is 514 g/mol. The Hall–Kier alpha value is -3.84. The number of ether oxygens (including phenoxy) is 3. The number of esters is 1. The second-order valence-corrected chi connectivity index (χ2v) is 7.93. The van der Waals surface area contributed by atoms with Crippen LogP contribution in [0.2, 0.25) is 0 Å². The van der Waals surface area contributed by atoms with Gasteiger partial charge in [-0.2, -0.15) is 5.26 Å². The topological polar surface area (TPSA) is 138 Å². The number of hydrogen-bond acceptors (Lipinski definition) is 8. The Morgan fingerprint density at radius 1 is 1.30 bits per heavy atom. The van der Waals surface area contributed by atoms with Crippen molar-refractivity contribution in [3.05, 3.63) is 91.0 Å². The molecule has 9 nitrogen and oxygen atoms in total. The van der Waals surface area contributed by atoms with Crippen molar-refractivity contribution in [2.75, 3.05) is 6.61 Å². The molecule has 10 heteroatoms. The summed E-state index contributed by atoms with van der Waals surface area (Å²) in [5.41, 5.74) is 7.38. The van der Waals surface area contributed by atoms with Crippen molar-refractivity contribution < 1.29 is 23.9 Å². The van der Waals surface area contributed by atoms with Crippen molar-refractivity contribution in [2.24, 2.45) is 5.73 Å². The number of non-ortho nitro benzene ring substituents is 1. The van der Waals surface area contributed by atoms with Crippen LogP contribution in [0, 0.1) is 21.4 Å². The number of hydrogen-bond donors (Lipinski definition) is 1. The number of allylic oxidation sites excluding steroid dienone is 2. The van der Waals surface area contributed by atoms with E-state index in [1.807, 2.05) is 6.07 Å². The maximum absolute atomic E-state index is 12.8. The van der Waals surface area contributed by atoms with Crippen LogP contribution >= 0.6 is 15.9 Å². The van der Waals surface area contributed by atoms with Crippen molar-refractivity contribution in [3.63, 3.8) is 0 Å². The lowest BCUT2D eigenvalue weighted by atomic mass is 9.82. The summed E-state index contributed by atoms with van der Waals surface area (Å²) in [6.45, 7) is 3.51. The third kappa shape index (κ3) is 5.15. The van der Waals surface area contributed by atoms with E-state index >= 15 is 0 Å². The number of rotatable bonds is 7. The van der Waals surface area contributed by atoms with Gasteiger partial charge in [-0.3, -0.25) is 10.1 Å². The molecule has 0 saturated carbocycles. The van der Waals surface area contributed by atoms with Gasteiger partial charge in [0.25, 0.3) is 5.69 Å². The molecule has 0 aromatic heterocycles. The monoisotopic (exact) mass is 513 g/mol. The van der Waals surface area contributed by atoms with Crippen LogP contribution < -0.4 is 10.5 Å². The Bertz CT molecular complexity index is 1200. The summed E-state index contributed by atoms with van der Waals surface area (Å²) in [6, 6.07) is 13.2. The van der Waals surface area contributed by atoms with Crippen LogP contribution in [0.5, 0.6) is 5.75 Å². The average Bonchev–Trinajstić information content (AvgIpc) is 2.78. The molecule has 0 saturated heterocycles. The van der Waals surface area contributed by atoms with Gasteiger partial charge in [-0.1, -0.05) is 15.9 Å². The van der Waals surface area contributed by atoms with E-state index in [9.17, 15) is 20.2 Å². The fourth-order valence-electron chi connectivity index (χ4n) is 3.42. The van der Waals surface area contributed by atoms with E-state index in [0.29, 0.717) is 21.3 Å². The fraction of sp³-hybridized carbons (Fsp3) is 0.217. The van der Waals surface area contributed by atoms with Gasteiger partial charge in [0.2, 0.25) is 5.88 Å². The van der Waals surface area contributed by atoms with E-state index in [4.69, 9.17) is 19.9 Å². The van der Waals surface area contributed by atoms with Gasteiger partial charge in [-0.05, 0) is 49.7 Å². The summed E-state index contributed by atoms with van der Waals surface area (Å²) in [7, 11) is 0. The minimum absolute atomic E-state index is 0.0238. The first kappa shape index (κ1) is 23.8. The summed E-state index contributed by atoms with van der Waals surface area (Å²) in [5, 5.41) is 20.7. The minimum Gasteiger partial charge on any atom is -0.489 e. The van der Waals surface area contributed by atoms with Crippen molar-refractivity contribution >= 4 is 27.6 Å². The largest absolute Gasteiger partial charge is 0.489 e. The predicted molar refractivity (Wildman–Crippen MR) is 122 cm³/mol. The molecule has 33 heavy (non-hydrogen) atoms. The Morgan fingerprint density at radius 3 is 2.61 bits per heavy atom. The first-order valence-electron chi connectivity index (χ1n) is 9.87. The zero-order valence-corrected chi connectivity index (χ0v) is 19.4. The molecule has 0 fully saturated rings.